The number of unbranched alkanes of at least 4 members (excludes halogenated alkanes) is 61. The van der Waals surface area contributed by atoms with Gasteiger partial charge in [-0.05, 0) is 83.5 Å². The normalized spacial score (nSPS) is 17.3. The fourth-order valence-electron chi connectivity index (χ4n) is 14.1. The summed E-state index contributed by atoms with van der Waals surface area (Å²) in [5, 5.41) is 54.7. The highest BCUT2D eigenvalue weighted by molar-refractivity contribution is 5.76. The Kier molecular flexibility index (Phi) is 73.8. The van der Waals surface area contributed by atoms with Gasteiger partial charge >= 0.3 is 5.97 Å². The Morgan fingerprint density at radius 1 is 0.364 bits per heavy atom. The molecular formula is C88H167NO10. The lowest BCUT2D eigenvalue weighted by Gasteiger charge is -2.40. The number of rotatable bonds is 79. The Balaban J connectivity index is 1.87. The zero-order valence-corrected chi connectivity index (χ0v) is 65.5. The van der Waals surface area contributed by atoms with Gasteiger partial charge in [-0.2, -0.15) is 0 Å². The molecule has 1 amide bonds. The zero-order valence-electron chi connectivity index (χ0n) is 65.5. The van der Waals surface area contributed by atoms with Crippen molar-refractivity contribution in [2.45, 2.75) is 493 Å². The third kappa shape index (κ3) is 65.2. The van der Waals surface area contributed by atoms with Crippen molar-refractivity contribution in [1.82, 2.24) is 5.32 Å². The van der Waals surface area contributed by atoms with E-state index in [-0.39, 0.29) is 18.5 Å². The van der Waals surface area contributed by atoms with Crippen LogP contribution in [0.15, 0.2) is 36.5 Å². The molecule has 1 saturated heterocycles. The molecule has 0 radical (unpaired) electrons. The van der Waals surface area contributed by atoms with Crippen molar-refractivity contribution in [2.75, 3.05) is 19.8 Å². The molecule has 1 fully saturated rings. The summed E-state index contributed by atoms with van der Waals surface area (Å²) in [6, 6.07) is -0.807. The van der Waals surface area contributed by atoms with E-state index in [1.807, 2.05) is 6.08 Å². The van der Waals surface area contributed by atoms with E-state index in [1.165, 1.54) is 366 Å². The van der Waals surface area contributed by atoms with Gasteiger partial charge in [-0.15, -0.1) is 0 Å². The zero-order chi connectivity index (χ0) is 71.5. The van der Waals surface area contributed by atoms with E-state index in [1.54, 1.807) is 6.08 Å². The first-order chi connectivity index (χ1) is 48.7. The third-order valence-corrected chi connectivity index (χ3v) is 21.0. The van der Waals surface area contributed by atoms with E-state index in [0.717, 1.165) is 57.8 Å². The smallest absolute Gasteiger partial charge is 0.305 e. The Morgan fingerprint density at radius 3 is 0.970 bits per heavy atom. The number of aliphatic hydroxyl groups excluding tert-OH is 5. The number of nitrogens with one attached hydrogen (secondary N) is 1. The maximum absolute atomic E-state index is 13.1. The van der Waals surface area contributed by atoms with Gasteiger partial charge in [-0.1, -0.05) is 391 Å². The molecule has 6 N–H and O–H groups in total. The highest BCUT2D eigenvalue weighted by Crippen LogP contribution is 2.24. The van der Waals surface area contributed by atoms with Crippen LogP contribution < -0.4 is 5.32 Å². The van der Waals surface area contributed by atoms with Gasteiger partial charge < -0.3 is 45.1 Å². The van der Waals surface area contributed by atoms with E-state index in [2.05, 4.69) is 43.5 Å². The minimum atomic E-state index is -1.57. The molecule has 0 spiro atoms. The molecule has 11 nitrogen and oxygen atoms in total. The van der Waals surface area contributed by atoms with Crippen LogP contribution in [0, 0.1) is 0 Å². The minimum absolute atomic E-state index is 0.0148. The minimum Gasteiger partial charge on any atom is -0.466 e. The van der Waals surface area contributed by atoms with Gasteiger partial charge in [-0.25, -0.2) is 0 Å². The molecule has 0 bridgehead atoms. The number of esters is 1. The summed E-state index contributed by atoms with van der Waals surface area (Å²) in [6.45, 7) is 4.41. The number of carbonyl (C=O) groups excluding carboxylic acids is 2. The lowest BCUT2D eigenvalue weighted by atomic mass is 9.99. The average Bonchev–Trinajstić information content (AvgIpc) is 0.826. The second kappa shape index (κ2) is 77.0. The molecule has 0 aromatic carbocycles. The highest BCUT2D eigenvalue weighted by atomic mass is 16.7. The summed E-state index contributed by atoms with van der Waals surface area (Å²) in [7, 11) is 0. The van der Waals surface area contributed by atoms with E-state index in [0.29, 0.717) is 19.4 Å². The standard InChI is InChI=1S/C88H167NO10/c1-3-5-7-9-11-13-15-17-19-20-45-48-52-56-60-64-68-72-76-84(93)97-77-73-69-65-61-57-53-49-46-43-41-39-37-35-33-31-29-27-25-23-21-22-24-26-28-30-32-34-36-38-40-42-44-47-51-55-59-63-67-71-75-83(92)89-80(79-98-88-87(96)86(95)85(94)82(78-90)99-88)81(91)74-70-66-62-58-54-50-18-16-14-12-10-8-6-4-2/h19-22,70,74,80-82,85-88,90-91,94-96H,3-18,23-69,71-73,75-79H2,1-2H3,(H,89,92)/b20-19-,22-21-,74-70+. The average molecular weight is 1400 g/mol. The number of amides is 1. The molecule has 0 aromatic heterocycles. The molecule has 1 heterocycles. The Hall–Kier alpha value is -2.12. The number of hydrogen-bond donors (Lipinski definition) is 6. The lowest BCUT2D eigenvalue weighted by Crippen LogP contribution is -2.60. The predicted octanol–water partition coefficient (Wildman–Crippen LogP) is 24.4. The molecule has 0 aliphatic carbocycles. The number of carbonyl (C=O) groups is 2. The van der Waals surface area contributed by atoms with Crippen LogP contribution in [0.5, 0.6) is 0 Å². The van der Waals surface area contributed by atoms with Crippen LogP contribution >= 0.6 is 0 Å². The van der Waals surface area contributed by atoms with Crippen LogP contribution in [0.3, 0.4) is 0 Å². The number of hydrogen-bond acceptors (Lipinski definition) is 10. The first-order valence-electron chi connectivity index (χ1n) is 43.8. The molecule has 0 aromatic rings. The second-order valence-corrected chi connectivity index (χ2v) is 30.6. The van der Waals surface area contributed by atoms with Gasteiger partial charge in [0.25, 0.3) is 0 Å². The van der Waals surface area contributed by atoms with Crippen LogP contribution in [0.4, 0.5) is 0 Å². The summed E-state index contributed by atoms with van der Waals surface area (Å²) >= 11 is 0. The van der Waals surface area contributed by atoms with E-state index >= 15 is 0 Å². The number of ether oxygens (including phenoxy) is 3. The van der Waals surface area contributed by atoms with Crippen LogP contribution in [-0.4, -0.2) is 100 Å². The first-order valence-corrected chi connectivity index (χ1v) is 43.8. The molecule has 11 heteroatoms. The molecule has 1 aliphatic heterocycles. The van der Waals surface area contributed by atoms with Crippen molar-refractivity contribution >= 4 is 11.9 Å². The summed E-state index contributed by atoms with van der Waals surface area (Å²) in [5.41, 5.74) is 0. The molecule has 1 aliphatic rings. The van der Waals surface area contributed by atoms with Crippen molar-refractivity contribution in [3.8, 4) is 0 Å². The summed E-state index contributed by atoms with van der Waals surface area (Å²) in [4.78, 5) is 25.2. The van der Waals surface area contributed by atoms with E-state index in [4.69, 9.17) is 14.2 Å². The van der Waals surface area contributed by atoms with Gasteiger partial charge in [0.15, 0.2) is 6.29 Å². The largest absolute Gasteiger partial charge is 0.466 e. The lowest BCUT2D eigenvalue weighted by molar-refractivity contribution is -0.302. The highest BCUT2D eigenvalue weighted by Gasteiger charge is 2.44. The van der Waals surface area contributed by atoms with Gasteiger partial charge in [0.05, 0.1) is 32.0 Å². The summed E-state index contributed by atoms with van der Waals surface area (Å²) < 4.78 is 16.8. The number of allylic oxidation sites excluding steroid dienone is 5. The van der Waals surface area contributed by atoms with Gasteiger partial charge in [0, 0.05) is 12.8 Å². The van der Waals surface area contributed by atoms with Crippen LogP contribution in [-0.2, 0) is 23.8 Å². The molecule has 0 saturated carbocycles. The quantitative estimate of drug-likeness (QED) is 0.0195. The second-order valence-electron chi connectivity index (χ2n) is 30.6. The fourth-order valence-corrected chi connectivity index (χ4v) is 14.1. The van der Waals surface area contributed by atoms with Crippen molar-refractivity contribution in [1.29, 1.82) is 0 Å². The van der Waals surface area contributed by atoms with Gasteiger partial charge in [0.2, 0.25) is 5.91 Å². The summed E-state index contributed by atoms with van der Waals surface area (Å²) in [5.74, 6) is -0.159. The van der Waals surface area contributed by atoms with Crippen molar-refractivity contribution in [3.63, 3.8) is 0 Å². The molecule has 584 valence electrons. The van der Waals surface area contributed by atoms with Gasteiger partial charge in [-0.3, -0.25) is 9.59 Å². The van der Waals surface area contributed by atoms with Crippen LogP contribution in [0.25, 0.3) is 0 Å². The monoisotopic (exact) mass is 1400 g/mol. The van der Waals surface area contributed by atoms with Crippen molar-refractivity contribution < 1.29 is 49.3 Å². The first kappa shape index (κ1) is 94.9. The van der Waals surface area contributed by atoms with Crippen molar-refractivity contribution in [2.24, 2.45) is 0 Å². The van der Waals surface area contributed by atoms with E-state index < -0.39 is 49.5 Å². The van der Waals surface area contributed by atoms with Crippen molar-refractivity contribution in [3.05, 3.63) is 36.5 Å². The molecule has 1 rings (SSSR count). The maximum Gasteiger partial charge on any atom is 0.305 e. The Morgan fingerprint density at radius 2 is 0.646 bits per heavy atom. The Labute approximate surface area is 613 Å². The molecule has 7 atom stereocenters. The topological polar surface area (TPSA) is 175 Å². The van der Waals surface area contributed by atoms with E-state index in [9.17, 15) is 35.1 Å². The Bertz CT molecular complexity index is 1740. The molecular weight excluding hydrogens is 1230 g/mol. The maximum atomic E-state index is 13.1. The van der Waals surface area contributed by atoms with Crippen LogP contribution in [0.2, 0.25) is 0 Å². The fraction of sp³-hybridized carbons (Fsp3) is 0.909. The van der Waals surface area contributed by atoms with Crippen LogP contribution in [0.1, 0.15) is 450 Å². The third-order valence-electron chi connectivity index (χ3n) is 21.0. The summed E-state index contributed by atoms with van der Waals surface area (Å²) in [6.07, 6.45) is 92.0. The molecule has 99 heavy (non-hydrogen) atoms. The SMILES string of the molecule is CCCCCCCCC/C=C\CCCCCCCCCC(=O)OCCCCCCCCCCCCCCCCCCCC/C=C\CCCCCCCCCCCCCCCCCCCC(=O)NC(COC1OC(CO)C(O)C(O)C1O)C(O)/C=C/CCCCCCCCCCCCCC. The van der Waals surface area contributed by atoms with Gasteiger partial charge in [0.1, 0.15) is 24.4 Å². The molecule has 7 unspecified atom stereocenters. The number of aliphatic hydroxyl groups is 5. The predicted molar refractivity (Wildman–Crippen MR) is 421 cm³/mol.